The molecule has 0 radical (unpaired) electrons. The topological polar surface area (TPSA) is 157 Å². The van der Waals surface area contributed by atoms with Crippen LogP contribution < -0.4 is 25.2 Å². The van der Waals surface area contributed by atoms with Gasteiger partial charge >= 0.3 is 6.03 Å². The van der Waals surface area contributed by atoms with Crippen molar-refractivity contribution in [2.45, 2.75) is 17.4 Å². The Hall–Kier alpha value is -3.64. The maximum atomic E-state index is 13.1. The van der Waals surface area contributed by atoms with Crippen LogP contribution in [0.5, 0.6) is 11.5 Å². The Morgan fingerprint density at radius 1 is 1.16 bits per heavy atom. The number of benzene rings is 2. The molecule has 0 aromatic heterocycles. The Balaban J connectivity index is 1.50. The molecule has 4 amide bonds. The Labute approximate surface area is 183 Å². The minimum atomic E-state index is -3.95. The van der Waals surface area contributed by atoms with Crippen molar-refractivity contribution >= 4 is 33.6 Å². The van der Waals surface area contributed by atoms with Crippen LogP contribution in [0.15, 0.2) is 47.4 Å². The first-order valence-corrected chi connectivity index (χ1v) is 11.1. The van der Waals surface area contributed by atoms with Gasteiger partial charge in [0.1, 0.15) is 25.3 Å². The lowest BCUT2D eigenvalue weighted by molar-refractivity contribution is -0.133. The van der Waals surface area contributed by atoms with Crippen molar-refractivity contribution in [3.63, 3.8) is 0 Å². The molecular formula is C20H20N4O7S. The summed E-state index contributed by atoms with van der Waals surface area (Å²) in [7, 11) is -3.95. The van der Waals surface area contributed by atoms with E-state index in [1.165, 1.54) is 31.2 Å². The first-order chi connectivity index (χ1) is 15.1. The van der Waals surface area contributed by atoms with Crippen LogP contribution in [0.4, 0.5) is 10.5 Å². The lowest BCUT2D eigenvalue weighted by atomic mass is 9.91. The number of fused-ring (bicyclic) bond motifs is 1. The number of anilines is 1. The first-order valence-electron chi connectivity index (χ1n) is 9.55. The molecular weight excluding hydrogens is 440 g/mol. The van der Waals surface area contributed by atoms with Gasteiger partial charge in [-0.3, -0.25) is 14.5 Å². The summed E-state index contributed by atoms with van der Waals surface area (Å²) in [6.07, 6.45) is 0. The number of nitrogens with zero attached hydrogens (tertiary/aromatic N) is 1. The molecule has 1 saturated heterocycles. The van der Waals surface area contributed by atoms with E-state index in [-0.39, 0.29) is 10.6 Å². The molecule has 168 valence electrons. The summed E-state index contributed by atoms with van der Waals surface area (Å²) in [5.74, 6) is -0.305. The van der Waals surface area contributed by atoms with Gasteiger partial charge in [0, 0.05) is 5.69 Å². The average Bonchev–Trinajstić information content (AvgIpc) is 2.97. The zero-order chi connectivity index (χ0) is 23.1. The van der Waals surface area contributed by atoms with Gasteiger partial charge in [0.2, 0.25) is 15.9 Å². The lowest BCUT2D eigenvalue weighted by Gasteiger charge is -2.25. The minimum absolute atomic E-state index is 0.156. The second kappa shape index (κ2) is 7.80. The number of carbonyl (C=O) groups excluding carboxylic acids is 3. The second-order valence-corrected chi connectivity index (χ2v) is 8.99. The van der Waals surface area contributed by atoms with Crippen molar-refractivity contribution in [2.24, 2.45) is 5.14 Å². The Bertz CT molecular complexity index is 1230. The highest BCUT2D eigenvalue weighted by Crippen LogP contribution is 2.36. The molecule has 2 aromatic carbocycles. The van der Waals surface area contributed by atoms with Crippen LogP contribution in [0.1, 0.15) is 12.5 Å². The highest BCUT2D eigenvalue weighted by atomic mass is 32.2. The number of carbonyl (C=O) groups is 3. The number of imide groups is 1. The molecule has 2 aliphatic heterocycles. The summed E-state index contributed by atoms with van der Waals surface area (Å²) in [5.41, 5.74) is -0.771. The van der Waals surface area contributed by atoms with Crippen LogP contribution in [0.25, 0.3) is 0 Å². The van der Waals surface area contributed by atoms with E-state index in [0.717, 1.165) is 4.90 Å². The molecule has 0 aliphatic carbocycles. The molecule has 0 unspecified atom stereocenters. The molecule has 11 nitrogen and oxygen atoms in total. The first kappa shape index (κ1) is 21.6. The van der Waals surface area contributed by atoms with E-state index in [9.17, 15) is 22.8 Å². The van der Waals surface area contributed by atoms with Gasteiger partial charge in [0.15, 0.2) is 11.5 Å². The Morgan fingerprint density at radius 2 is 1.88 bits per heavy atom. The Morgan fingerprint density at radius 3 is 2.59 bits per heavy atom. The molecule has 0 spiro atoms. The fraction of sp³-hybridized carbons (Fsp3) is 0.250. The quantitative estimate of drug-likeness (QED) is 0.549. The summed E-state index contributed by atoms with van der Waals surface area (Å²) in [6.45, 7) is 1.76. The van der Waals surface area contributed by atoms with Gasteiger partial charge < -0.3 is 20.1 Å². The third-order valence-corrected chi connectivity index (χ3v) is 6.05. The van der Waals surface area contributed by atoms with E-state index >= 15 is 0 Å². The molecule has 1 fully saturated rings. The average molecular weight is 460 g/mol. The van der Waals surface area contributed by atoms with E-state index in [0.29, 0.717) is 30.3 Å². The number of nitrogens with one attached hydrogen (secondary N) is 2. The molecule has 4 rings (SSSR count). The standard InChI is InChI=1S/C20H20N4O7S/c1-20(12-5-6-15-16(9-12)31-8-7-30-15)18(26)24(19(27)23-20)11-17(25)22-13-3-2-4-14(10-13)32(21,28)29/h2-6,9-10H,7-8,11H2,1H3,(H,22,25)(H,23,27)(H2,21,28,29)/t20-/m0/s1. The van der Waals surface area contributed by atoms with Crippen LogP contribution in [0, 0.1) is 0 Å². The summed E-state index contributed by atoms with van der Waals surface area (Å²) in [5, 5.41) is 10.2. The van der Waals surface area contributed by atoms with Gasteiger partial charge in [-0.05, 0) is 42.8 Å². The lowest BCUT2D eigenvalue weighted by Crippen LogP contribution is -2.42. The van der Waals surface area contributed by atoms with Gasteiger partial charge in [-0.2, -0.15) is 0 Å². The fourth-order valence-corrected chi connectivity index (χ4v) is 4.05. The van der Waals surface area contributed by atoms with Crippen LogP contribution in [-0.2, 0) is 25.2 Å². The fourth-order valence-electron chi connectivity index (χ4n) is 3.49. The van der Waals surface area contributed by atoms with Crippen LogP contribution in [0.3, 0.4) is 0 Å². The summed E-state index contributed by atoms with van der Waals surface area (Å²) in [6, 6.07) is 9.51. The number of amides is 4. The van der Waals surface area contributed by atoms with Gasteiger partial charge in [0.25, 0.3) is 5.91 Å². The maximum absolute atomic E-state index is 13.1. The number of rotatable bonds is 5. The number of urea groups is 1. The molecule has 0 saturated carbocycles. The zero-order valence-corrected chi connectivity index (χ0v) is 17.8. The molecule has 1 atom stereocenters. The highest BCUT2D eigenvalue weighted by Gasteiger charge is 2.49. The predicted octanol–water partition coefficient (Wildman–Crippen LogP) is 0.511. The molecule has 2 aromatic rings. The monoisotopic (exact) mass is 460 g/mol. The molecule has 12 heteroatoms. The maximum Gasteiger partial charge on any atom is 0.325 e. The largest absolute Gasteiger partial charge is 0.486 e. The second-order valence-electron chi connectivity index (χ2n) is 7.43. The van der Waals surface area contributed by atoms with Crippen LogP contribution in [0.2, 0.25) is 0 Å². The van der Waals surface area contributed by atoms with E-state index in [2.05, 4.69) is 10.6 Å². The minimum Gasteiger partial charge on any atom is -0.486 e. The van der Waals surface area contributed by atoms with Crippen molar-refractivity contribution in [1.82, 2.24) is 10.2 Å². The van der Waals surface area contributed by atoms with E-state index < -0.39 is 40.0 Å². The highest BCUT2D eigenvalue weighted by molar-refractivity contribution is 7.89. The molecule has 32 heavy (non-hydrogen) atoms. The molecule has 0 bridgehead atoms. The number of nitrogens with two attached hydrogens (primary N) is 1. The normalized spacial score (nSPS) is 20.1. The number of sulfonamides is 1. The van der Waals surface area contributed by atoms with Crippen LogP contribution >= 0.6 is 0 Å². The summed E-state index contributed by atoms with van der Waals surface area (Å²) >= 11 is 0. The van der Waals surface area contributed by atoms with Gasteiger partial charge in [-0.1, -0.05) is 12.1 Å². The summed E-state index contributed by atoms with van der Waals surface area (Å²) in [4.78, 5) is 38.6. The van der Waals surface area contributed by atoms with Gasteiger partial charge in [0.05, 0.1) is 4.90 Å². The SMILES string of the molecule is C[C@@]1(c2ccc3c(c2)OCCO3)NC(=O)N(CC(=O)Nc2cccc(S(N)(=O)=O)c2)C1=O. The Kier molecular flexibility index (Phi) is 5.26. The number of hydrogen-bond donors (Lipinski definition) is 3. The van der Waals surface area contributed by atoms with Crippen molar-refractivity contribution in [1.29, 1.82) is 0 Å². The molecule has 2 heterocycles. The number of primary sulfonamides is 1. The van der Waals surface area contributed by atoms with Crippen molar-refractivity contribution in [3.05, 3.63) is 48.0 Å². The van der Waals surface area contributed by atoms with Crippen molar-refractivity contribution in [3.8, 4) is 11.5 Å². The van der Waals surface area contributed by atoms with Gasteiger partial charge in [-0.15, -0.1) is 0 Å². The zero-order valence-electron chi connectivity index (χ0n) is 17.0. The molecule has 4 N–H and O–H groups in total. The predicted molar refractivity (Wildman–Crippen MR) is 111 cm³/mol. The molecule has 2 aliphatic rings. The van der Waals surface area contributed by atoms with Gasteiger partial charge in [-0.25, -0.2) is 18.4 Å². The van der Waals surface area contributed by atoms with E-state index in [1.807, 2.05) is 0 Å². The van der Waals surface area contributed by atoms with Crippen molar-refractivity contribution in [2.75, 3.05) is 25.1 Å². The van der Waals surface area contributed by atoms with E-state index in [4.69, 9.17) is 14.6 Å². The van der Waals surface area contributed by atoms with E-state index in [1.54, 1.807) is 18.2 Å². The third kappa shape index (κ3) is 3.97. The third-order valence-electron chi connectivity index (χ3n) is 5.14. The smallest absolute Gasteiger partial charge is 0.325 e. The summed E-state index contributed by atoms with van der Waals surface area (Å²) < 4.78 is 34.0. The van der Waals surface area contributed by atoms with Crippen molar-refractivity contribution < 1.29 is 32.3 Å². The number of ether oxygens (including phenoxy) is 2. The number of hydrogen-bond acceptors (Lipinski definition) is 7. The van der Waals surface area contributed by atoms with Crippen LogP contribution in [-0.4, -0.2) is 50.9 Å².